The predicted molar refractivity (Wildman–Crippen MR) is 212 cm³/mol. The summed E-state index contributed by atoms with van der Waals surface area (Å²) < 4.78 is 0. The second-order valence-electron chi connectivity index (χ2n) is 14.0. The fraction of sp³-hybridized carbons (Fsp3) is 0.952. The molecule has 0 radical (unpaired) electrons. The van der Waals surface area contributed by atoms with E-state index in [1.54, 1.807) is 0 Å². The zero-order valence-corrected chi connectivity index (χ0v) is 32.1. The molecule has 0 aromatic heterocycles. The van der Waals surface area contributed by atoms with Crippen molar-refractivity contribution in [1.29, 1.82) is 0 Å². The van der Waals surface area contributed by atoms with Gasteiger partial charge in [-0.3, -0.25) is 9.98 Å². The Kier molecular flexibility index (Phi) is 43.4. The summed E-state index contributed by atoms with van der Waals surface area (Å²) in [5, 5.41) is 0. The van der Waals surface area contributed by atoms with E-state index < -0.39 is 0 Å². The average Bonchev–Trinajstić information content (AvgIpc) is 3.05. The maximum Gasteiger partial charge on any atom is 0.0385 e. The van der Waals surface area contributed by atoms with Crippen LogP contribution in [0.5, 0.6) is 0 Å². The van der Waals surface area contributed by atoms with Gasteiger partial charge in [-0.25, -0.2) is 0 Å². The Labute approximate surface area is 290 Å². The third-order valence-electron chi connectivity index (χ3n) is 9.32. The van der Waals surface area contributed by atoms with Crippen LogP contribution in [-0.4, -0.2) is 37.0 Å². The minimum Gasteiger partial charge on any atom is -0.298 e. The van der Waals surface area contributed by atoms with Crippen LogP contribution in [0.3, 0.4) is 0 Å². The Hall–Kier alpha value is -0.310. The van der Waals surface area contributed by atoms with Crippen molar-refractivity contribution in [3.05, 3.63) is 0 Å². The summed E-state index contributed by atoms with van der Waals surface area (Å²) in [6.45, 7) is 6.68. The molecule has 0 saturated heterocycles. The van der Waals surface area contributed by atoms with Crippen molar-refractivity contribution in [2.45, 2.75) is 232 Å². The molecule has 0 aromatic rings. The van der Waals surface area contributed by atoms with Gasteiger partial charge in [0.25, 0.3) is 0 Å². The smallest absolute Gasteiger partial charge is 0.0385 e. The molecule has 2 nitrogen and oxygen atoms in total. The average molecular weight is 649 g/mol. The molecule has 0 spiro atoms. The van der Waals surface area contributed by atoms with Crippen LogP contribution in [0, 0.1) is 0 Å². The molecule has 0 N–H and O–H groups in total. The number of hydrogen-bond donors (Lipinski definition) is 0. The molecule has 0 fully saturated rings. The van der Waals surface area contributed by atoms with Gasteiger partial charge in [-0.15, -0.1) is 0 Å². The normalized spacial score (nSPS) is 12.0. The highest BCUT2D eigenvalue weighted by Gasteiger charge is 1.96. The van der Waals surface area contributed by atoms with Gasteiger partial charge < -0.3 is 0 Å². The Bertz CT molecular complexity index is 513. The van der Waals surface area contributed by atoms with Crippen LogP contribution < -0.4 is 0 Å². The van der Waals surface area contributed by atoms with Gasteiger partial charge in [-0.2, -0.15) is 11.8 Å². The molecule has 0 unspecified atom stereocenters. The quantitative estimate of drug-likeness (QED) is 0.0479. The van der Waals surface area contributed by atoms with Gasteiger partial charge in [-0.1, -0.05) is 206 Å². The molecule has 0 rings (SSSR count). The minimum atomic E-state index is 1.04. The van der Waals surface area contributed by atoms with Crippen molar-refractivity contribution in [2.24, 2.45) is 9.98 Å². The Balaban J connectivity index is 3.14. The van der Waals surface area contributed by atoms with Gasteiger partial charge in [0.2, 0.25) is 0 Å². The molecular formula is C42H84N2S. The molecular weight excluding hydrogens is 565 g/mol. The molecule has 0 aromatic carbocycles. The maximum absolute atomic E-state index is 4.64. The molecule has 0 saturated carbocycles. The van der Waals surface area contributed by atoms with Crippen molar-refractivity contribution < 1.29 is 0 Å². The molecule has 0 aliphatic rings. The third kappa shape index (κ3) is 43.7. The fourth-order valence-corrected chi connectivity index (χ4v) is 6.99. The topological polar surface area (TPSA) is 24.7 Å². The summed E-state index contributed by atoms with van der Waals surface area (Å²) in [7, 11) is 0. The van der Waals surface area contributed by atoms with Crippen molar-refractivity contribution in [3.8, 4) is 0 Å². The first-order chi connectivity index (χ1) is 22.4. The highest BCUT2D eigenvalue weighted by molar-refractivity contribution is 7.99. The third-order valence-corrected chi connectivity index (χ3v) is 10.4. The fourth-order valence-electron chi connectivity index (χ4n) is 6.24. The van der Waals surface area contributed by atoms with Crippen LogP contribution in [0.1, 0.15) is 232 Å². The molecule has 0 atom stereocenters. The van der Waals surface area contributed by atoms with Crippen molar-refractivity contribution >= 4 is 24.2 Å². The molecule has 0 bridgehead atoms. The monoisotopic (exact) mass is 649 g/mol. The van der Waals surface area contributed by atoms with Crippen molar-refractivity contribution in [3.63, 3.8) is 0 Å². The van der Waals surface area contributed by atoms with Crippen LogP contribution >= 0.6 is 11.8 Å². The van der Waals surface area contributed by atoms with Gasteiger partial charge in [0.1, 0.15) is 0 Å². The van der Waals surface area contributed by atoms with Gasteiger partial charge in [0.15, 0.2) is 0 Å². The van der Waals surface area contributed by atoms with Crippen molar-refractivity contribution in [1.82, 2.24) is 0 Å². The lowest BCUT2D eigenvalue weighted by Crippen LogP contribution is -1.89. The zero-order chi connectivity index (χ0) is 32.4. The Morgan fingerprint density at radius 1 is 0.311 bits per heavy atom. The van der Waals surface area contributed by atoms with Gasteiger partial charge in [0, 0.05) is 13.1 Å². The number of thioether (sulfide) groups is 1. The standard InChI is InChI=1S/C42H84N2S/c1-3-5-7-9-11-13-15-17-19-21-23-25-27-29-31-33-37-43-39-35-41-45-42-36-40-44-38-34-32-30-28-26-24-22-20-18-16-14-12-10-8-6-4-2/h39-40H,3-38,41-42H2,1-2H3. The largest absolute Gasteiger partial charge is 0.298 e. The van der Waals surface area contributed by atoms with E-state index in [1.165, 1.54) is 217 Å². The summed E-state index contributed by atoms with van der Waals surface area (Å²) >= 11 is 2.05. The molecule has 0 aliphatic carbocycles. The van der Waals surface area contributed by atoms with E-state index >= 15 is 0 Å². The highest BCUT2D eigenvalue weighted by Crippen LogP contribution is 2.15. The predicted octanol–water partition coefficient (Wildman–Crippen LogP) is 15.2. The van der Waals surface area contributed by atoms with Crippen molar-refractivity contribution in [2.75, 3.05) is 24.6 Å². The van der Waals surface area contributed by atoms with E-state index in [9.17, 15) is 0 Å². The summed E-state index contributed by atoms with van der Waals surface area (Å²) in [6.07, 6.45) is 52.4. The van der Waals surface area contributed by atoms with Crippen LogP contribution in [0.2, 0.25) is 0 Å². The molecule has 0 amide bonds. The zero-order valence-electron chi connectivity index (χ0n) is 31.3. The number of hydrogen-bond acceptors (Lipinski definition) is 3. The van der Waals surface area contributed by atoms with E-state index in [4.69, 9.17) is 0 Å². The molecule has 0 heterocycles. The minimum absolute atomic E-state index is 1.04. The number of unbranched alkanes of at least 4 members (excludes halogenated alkanes) is 30. The van der Waals surface area contributed by atoms with Gasteiger partial charge in [0.05, 0.1) is 0 Å². The van der Waals surface area contributed by atoms with Crippen LogP contribution in [-0.2, 0) is 0 Å². The first kappa shape index (κ1) is 44.7. The SMILES string of the molecule is CCCCCCCCCCCCCCCCCCN=CCCSCCC=NCCCCCCCCCCCCCCCCCC. The lowest BCUT2D eigenvalue weighted by molar-refractivity contribution is 0.530. The Morgan fingerprint density at radius 3 is 0.778 bits per heavy atom. The molecule has 0 aliphatic heterocycles. The van der Waals surface area contributed by atoms with Crippen LogP contribution in [0.25, 0.3) is 0 Å². The molecule has 45 heavy (non-hydrogen) atoms. The Morgan fingerprint density at radius 2 is 0.533 bits per heavy atom. The lowest BCUT2D eigenvalue weighted by atomic mass is 10.0. The van der Waals surface area contributed by atoms with Crippen LogP contribution in [0.15, 0.2) is 9.98 Å². The van der Waals surface area contributed by atoms with Gasteiger partial charge in [-0.05, 0) is 49.6 Å². The first-order valence-corrected chi connectivity index (χ1v) is 22.1. The number of nitrogens with zero attached hydrogens (tertiary/aromatic N) is 2. The maximum atomic E-state index is 4.64. The van der Waals surface area contributed by atoms with Crippen LogP contribution in [0.4, 0.5) is 0 Å². The lowest BCUT2D eigenvalue weighted by Gasteiger charge is -2.03. The molecule has 3 heteroatoms. The van der Waals surface area contributed by atoms with E-state index in [0.717, 1.165) is 25.9 Å². The summed E-state index contributed by atoms with van der Waals surface area (Å²) in [5.41, 5.74) is 0. The summed E-state index contributed by atoms with van der Waals surface area (Å²) in [5.74, 6) is 2.41. The molecule has 268 valence electrons. The second-order valence-corrected chi connectivity index (χ2v) is 15.2. The summed E-state index contributed by atoms with van der Waals surface area (Å²) in [4.78, 5) is 9.27. The number of aliphatic imine (C=N–C) groups is 2. The van der Waals surface area contributed by atoms with E-state index in [2.05, 4.69) is 48.0 Å². The van der Waals surface area contributed by atoms with E-state index in [0.29, 0.717) is 0 Å². The summed E-state index contributed by atoms with van der Waals surface area (Å²) in [6, 6.07) is 0. The van der Waals surface area contributed by atoms with Gasteiger partial charge >= 0.3 is 0 Å². The van der Waals surface area contributed by atoms with E-state index in [-0.39, 0.29) is 0 Å². The second kappa shape index (κ2) is 43.7. The first-order valence-electron chi connectivity index (χ1n) is 21.0. The number of rotatable bonds is 40. The highest BCUT2D eigenvalue weighted by atomic mass is 32.2. The van der Waals surface area contributed by atoms with E-state index in [1.807, 2.05) is 0 Å².